The smallest absolute Gasteiger partial charge is 0.263 e. The van der Waals surface area contributed by atoms with Crippen LogP contribution in [0, 0.1) is 0 Å². The summed E-state index contributed by atoms with van der Waals surface area (Å²) in [7, 11) is -9.61. The van der Waals surface area contributed by atoms with E-state index in [9.17, 15) is 13.5 Å². The fourth-order valence-electron chi connectivity index (χ4n) is 2.48. The van der Waals surface area contributed by atoms with E-state index in [1.54, 1.807) is 0 Å². The predicted octanol–water partition coefficient (Wildman–Crippen LogP) is 4.20. The van der Waals surface area contributed by atoms with E-state index in [2.05, 4.69) is 19.9 Å². The number of nitrogens with one attached hydrogen (secondary N) is 1. The van der Waals surface area contributed by atoms with Gasteiger partial charge in [0.05, 0.1) is 43.2 Å². The van der Waals surface area contributed by atoms with Gasteiger partial charge >= 0.3 is 0 Å². The van der Waals surface area contributed by atoms with E-state index >= 15 is 0 Å². The maximum absolute atomic E-state index is 14.4. The van der Waals surface area contributed by atoms with E-state index in [4.69, 9.17) is 51.2 Å². The zero-order valence-corrected chi connectivity index (χ0v) is 19.5. The summed E-state index contributed by atoms with van der Waals surface area (Å²) in [4.78, 5) is 12.7. The number of aliphatic hydroxyl groups is 1. The standard InChI is InChI=1S/C27H29N5O6S/c1-27(2,3)18-10-12-19(13-11-18)39(34,35)32-23-22(38-21-9-6-5-8-20(21)36-4)26(37-17-16-33)31-25(30-23)24-28-14-7-15-29-24/h5-15,33H,16-17H2,1-4H3,(H,30,31,32)/i1D3,2D3,3D3,4D3,5D,6D,7D,8D,9D,10D,11D,12D,13D,14D,15D,16D2,17D2. The molecule has 0 saturated carbocycles. The van der Waals surface area contributed by atoms with Gasteiger partial charge in [-0.25, -0.2) is 23.4 Å². The van der Waals surface area contributed by atoms with Crippen molar-refractivity contribution >= 4 is 15.8 Å². The third-order valence-electron chi connectivity index (χ3n) is 4.07. The lowest BCUT2D eigenvalue weighted by Gasteiger charge is -2.20. The van der Waals surface area contributed by atoms with Crippen molar-refractivity contribution in [2.24, 2.45) is 0 Å². The first-order valence-corrected chi connectivity index (χ1v) is 11.2. The Morgan fingerprint density at radius 1 is 1.00 bits per heavy atom. The normalized spacial score (nSPS) is 23.7. The van der Waals surface area contributed by atoms with Crippen LogP contribution in [0.4, 0.5) is 5.82 Å². The van der Waals surface area contributed by atoms with E-state index in [1.165, 1.54) is 4.72 Å². The fraction of sp³-hybridized carbons (Fsp3) is 0.259. The lowest BCUT2D eigenvalue weighted by Crippen LogP contribution is -2.17. The molecule has 0 saturated heterocycles. The lowest BCUT2D eigenvalue weighted by atomic mass is 9.87. The van der Waals surface area contributed by atoms with Crippen molar-refractivity contribution in [2.75, 3.05) is 24.9 Å². The van der Waals surface area contributed by atoms with Crippen molar-refractivity contribution in [2.45, 2.75) is 30.9 Å². The Bertz CT molecular complexity index is 2630. The second-order valence-electron chi connectivity index (χ2n) is 6.66. The van der Waals surface area contributed by atoms with Gasteiger partial charge in [0.2, 0.25) is 11.6 Å². The van der Waals surface area contributed by atoms with Crippen LogP contribution in [0.25, 0.3) is 11.6 Å². The molecule has 4 rings (SSSR count). The Kier molecular flexibility index (Phi) is 2.81. The molecule has 2 N–H and O–H groups in total. The van der Waals surface area contributed by atoms with Gasteiger partial charge in [0.25, 0.3) is 15.9 Å². The van der Waals surface area contributed by atoms with Crippen LogP contribution in [0.3, 0.4) is 0 Å². The topological polar surface area (TPSA) is 146 Å². The number of benzene rings is 2. The largest absolute Gasteiger partial charge is 0.493 e. The molecular weight excluding hydrogens is 522 g/mol. The molecule has 0 unspecified atom stereocenters. The van der Waals surface area contributed by atoms with Gasteiger partial charge in [-0.3, -0.25) is 4.72 Å². The molecule has 39 heavy (non-hydrogen) atoms. The number of ether oxygens (including phenoxy) is 3. The molecule has 0 atom stereocenters. The van der Waals surface area contributed by atoms with Crippen LogP contribution in [0.5, 0.6) is 23.1 Å². The molecule has 2 heterocycles. The molecule has 0 radical (unpaired) electrons. The van der Waals surface area contributed by atoms with Crippen LogP contribution in [0.15, 0.2) is 71.6 Å². The molecule has 12 heteroatoms. The second kappa shape index (κ2) is 11.6. The Balaban J connectivity index is 2.25. The minimum atomic E-state index is -6.03. The summed E-state index contributed by atoms with van der Waals surface area (Å²) in [6.07, 6.45) is -2.09. The Morgan fingerprint density at radius 2 is 1.72 bits per heavy atom. The van der Waals surface area contributed by atoms with Crippen LogP contribution in [-0.2, 0) is 15.4 Å². The van der Waals surface area contributed by atoms with Gasteiger partial charge in [-0.1, -0.05) is 44.7 Å². The Hall–Kier alpha value is -4.29. The van der Waals surface area contributed by atoms with Crippen LogP contribution < -0.4 is 18.9 Å². The molecule has 0 aliphatic carbocycles. The van der Waals surface area contributed by atoms with Crippen molar-refractivity contribution in [3.63, 3.8) is 0 Å². The SMILES string of the molecule is [2H]c1nc(-c2nc(NS(=O)(=O)c3c([2H])c([2H])c(C(C([2H])([2H])[2H])(C([2H])([2H])[2H])C([2H])([2H])[2H])c([2H])c3[2H])c(Oc3c([2H])c([2H])c([2H])c([2H])c3OC([2H])([2H])[2H])c(OC([2H])([2H])C([2H])([2H])O)n2)nc([2H])c1[2H]. The van der Waals surface area contributed by atoms with Crippen molar-refractivity contribution in [1.82, 2.24) is 19.9 Å². The lowest BCUT2D eigenvalue weighted by molar-refractivity contribution is 0.192. The summed E-state index contributed by atoms with van der Waals surface area (Å²) in [6.45, 7) is -20.7. The number of anilines is 1. The van der Waals surface area contributed by atoms with Gasteiger partial charge in [-0.15, -0.1) is 0 Å². The summed E-state index contributed by atoms with van der Waals surface area (Å²) in [5.41, 5.74) is -6.05. The molecule has 0 aliphatic heterocycles. The van der Waals surface area contributed by atoms with Gasteiger partial charge in [-0.2, -0.15) is 4.98 Å². The molecule has 0 amide bonds. The number of nitrogens with zero attached hydrogens (tertiary/aromatic N) is 4. The summed E-state index contributed by atoms with van der Waals surface area (Å²) in [5.74, 6) is -10.0. The average Bonchev–Trinajstić information content (AvgIpc) is 3.11. The van der Waals surface area contributed by atoms with E-state index in [0.717, 1.165) is 0 Å². The Morgan fingerprint density at radius 3 is 2.38 bits per heavy atom. The van der Waals surface area contributed by atoms with Crippen LogP contribution in [0.1, 0.15) is 63.1 Å². The highest BCUT2D eigenvalue weighted by atomic mass is 32.2. The number of para-hydroxylation sites is 2. The maximum Gasteiger partial charge on any atom is 0.263 e. The van der Waals surface area contributed by atoms with Gasteiger partial charge in [0.15, 0.2) is 23.1 Å². The minimum absolute atomic E-state index is 0.924. The van der Waals surface area contributed by atoms with Crippen LogP contribution in [-0.4, -0.2) is 53.6 Å². The van der Waals surface area contributed by atoms with Crippen molar-refractivity contribution in [3.05, 3.63) is 72.3 Å². The number of hydrogen-bond donors (Lipinski definition) is 2. The molecule has 4 aromatic rings. The molecule has 2 aromatic heterocycles. The summed E-state index contributed by atoms with van der Waals surface area (Å²) < 4.78 is 262. The third kappa shape index (κ3) is 6.59. The van der Waals surface area contributed by atoms with Gasteiger partial charge < -0.3 is 19.3 Å². The van der Waals surface area contributed by atoms with Gasteiger partial charge in [0, 0.05) is 24.7 Å². The van der Waals surface area contributed by atoms with Crippen molar-refractivity contribution in [3.8, 4) is 34.8 Å². The molecule has 11 nitrogen and oxygen atoms in total. The highest BCUT2D eigenvalue weighted by Crippen LogP contribution is 2.41. The molecule has 204 valence electrons. The first-order chi connectivity index (χ1) is 29.5. The number of methoxy groups -OCH3 is 1. The van der Waals surface area contributed by atoms with Crippen molar-refractivity contribution < 1.29 is 64.7 Å². The van der Waals surface area contributed by atoms with E-state index in [-0.39, 0.29) is 0 Å². The fourth-order valence-corrected chi connectivity index (χ4v) is 3.35. The third-order valence-corrected chi connectivity index (χ3v) is 5.27. The molecule has 0 spiro atoms. The van der Waals surface area contributed by atoms with E-state index in [0.29, 0.717) is 0 Å². The number of aromatic nitrogens is 4. The minimum Gasteiger partial charge on any atom is -0.493 e. The van der Waals surface area contributed by atoms with E-state index in [1.807, 2.05) is 0 Å². The number of hydrogen-bond acceptors (Lipinski definition) is 10. The first kappa shape index (κ1) is 9.42. The molecule has 0 bridgehead atoms. The van der Waals surface area contributed by atoms with Gasteiger partial charge in [0.1, 0.15) is 6.56 Å². The maximum atomic E-state index is 14.4. The van der Waals surface area contributed by atoms with Crippen molar-refractivity contribution in [1.29, 1.82) is 0 Å². The molecule has 2 aromatic carbocycles. The molecular formula is C27H29N5O6S. The highest BCUT2D eigenvalue weighted by Gasteiger charge is 2.26. The zero-order chi connectivity index (χ0) is 51.2. The van der Waals surface area contributed by atoms with Crippen LogP contribution in [0.2, 0.25) is 0 Å². The molecule has 0 aliphatic rings. The number of sulfonamides is 1. The van der Waals surface area contributed by atoms with Gasteiger partial charge in [-0.05, 0) is 41.2 Å². The van der Waals surface area contributed by atoms with Crippen LogP contribution >= 0.6 is 0 Å². The summed E-state index contributed by atoms with van der Waals surface area (Å²) in [6, 6.07) is -13.4. The highest BCUT2D eigenvalue weighted by molar-refractivity contribution is 7.92. The average molecular weight is 579 g/mol. The summed E-state index contributed by atoms with van der Waals surface area (Å²) in [5, 5.41) is 10.0. The predicted molar refractivity (Wildman–Crippen MR) is 145 cm³/mol. The monoisotopic (exact) mass is 578 g/mol. The summed E-state index contributed by atoms with van der Waals surface area (Å²) >= 11 is 0. The van der Waals surface area contributed by atoms with E-state index < -0.39 is 174 Å². The zero-order valence-electron chi connectivity index (χ0n) is 45.7. The number of rotatable bonds is 10. The quantitative estimate of drug-likeness (QED) is 0.281. The molecule has 0 fully saturated rings. The second-order valence-corrected chi connectivity index (χ2v) is 8.28. The Labute approximate surface area is 264 Å². The first-order valence-electron chi connectivity index (χ1n) is 23.2.